The summed E-state index contributed by atoms with van der Waals surface area (Å²) in [5.41, 5.74) is -1.96. The molecule has 7 nitrogen and oxygen atoms in total. The Bertz CT molecular complexity index is 920. The number of hydrogen-bond acceptors (Lipinski definition) is 7. The van der Waals surface area contributed by atoms with Crippen LogP contribution in [0.5, 0.6) is 0 Å². The van der Waals surface area contributed by atoms with E-state index in [1.54, 1.807) is 6.92 Å². The van der Waals surface area contributed by atoms with Gasteiger partial charge in [0, 0.05) is 25.7 Å². The standard InChI is InChI=1S/C22H25N5O2/c1-5-17-20(4)28-18(15-8-10-16(11-9-15)27(6-2)7-3)21(12-23,13-24)22(17,14-25)19(26)29-20/h8-11,17-18,26H,5-7H2,1-4H3. The largest absolute Gasteiger partial charge is 0.448 e. The summed E-state index contributed by atoms with van der Waals surface area (Å²) < 4.78 is 11.9. The smallest absolute Gasteiger partial charge is 0.214 e. The van der Waals surface area contributed by atoms with Gasteiger partial charge in [0.15, 0.2) is 5.41 Å². The second kappa shape index (κ2) is 7.07. The Morgan fingerprint density at radius 3 is 2.07 bits per heavy atom. The molecule has 2 aliphatic heterocycles. The Balaban J connectivity index is 2.18. The third kappa shape index (κ3) is 2.46. The summed E-state index contributed by atoms with van der Waals surface area (Å²) in [5, 5.41) is 38.9. The Labute approximate surface area is 171 Å². The molecule has 0 spiro atoms. The van der Waals surface area contributed by atoms with Crippen LogP contribution < -0.4 is 4.90 Å². The molecule has 1 aromatic carbocycles. The lowest BCUT2D eigenvalue weighted by molar-refractivity contribution is -0.273. The third-order valence-corrected chi connectivity index (χ3v) is 6.45. The fraction of sp³-hybridized carbons (Fsp3) is 0.545. The summed E-state index contributed by atoms with van der Waals surface area (Å²) >= 11 is 0. The topological polar surface area (TPSA) is 117 Å². The first-order valence-corrected chi connectivity index (χ1v) is 9.88. The highest BCUT2D eigenvalue weighted by Gasteiger charge is 2.78. The number of hydrogen-bond donors (Lipinski definition) is 1. The van der Waals surface area contributed by atoms with E-state index in [1.807, 2.05) is 31.2 Å². The number of benzene rings is 1. The van der Waals surface area contributed by atoms with E-state index in [2.05, 4.69) is 37.0 Å². The summed E-state index contributed by atoms with van der Waals surface area (Å²) in [6, 6.07) is 13.8. The molecule has 2 fully saturated rings. The molecule has 0 amide bonds. The van der Waals surface area contributed by atoms with Crippen LogP contribution in [0, 0.1) is 56.2 Å². The summed E-state index contributed by atoms with van der Waals surface area (Å²) in [6.45, 7) is 9.38. The molecule has 1 aromatic rings. The summed E-state index contributed by atoms with van der Waals surface area (Å²) in [4.78, 5) is 2.18. The van der Waals surface area contributed by atoms with E-state index < -0.39 is 28.6 Å². The number of ether oxygens (including phenoxy) is 2. The minimum Gasteiger partial charge on any atom is -0.448 e. The van der Waals surface area contributed by atoms with Crippen molar-refractivity contribution in [2.24, 2.45) is 16.7 Å². The minimum absolute atomic E-state index is 0.361. The van der Waals surface area contributed by atoms with Crippen molar-refractivity contribution in [1.82, 2.24) is 0 Å². The Kier molecular flexibility index (Phi) is 5.03. The lowest BCUT2D eigenvalue weighted by atomic mass is 9.53. The normalized spacial score (nSPS) is 31.8. The maximum atomic E-state index is 10.2. The summed E-state index contributed by atoms with van der Waals surface area (Å²) in [7, 11) is 0. The van der Waals surface area contributed by atoms with Gasteiger partial charge >= 0.3 is 0 Å². The van der Waals surface area contributed by atoms with Crippen LogP contribution >= 0.6 is 0 Å². The zero-order valence-corrected chi connectivity index (χ0v) is 17.2. The van der Waals surface area contributed by atoms with E-state index in [1.165, 1.54) is 0 Å². The van der Waals surface area contributed by atoms with Gasteiger partial charge in [0.05, 0.1) is 24.1 Å². The van der Waals surface area contributed by atoms with Gasteiger partial charge in [0.25, 0.3) is 0 Å². The van der Waals surface area contributed by atoms with Crippen molar-refractivity contribution in [2.45, 2.75) is 46.0 Å². The predicted octanol–water partition coefficient (Wildman–Crippen LogP) is 3.90. The van der Waals surface area contributed by atoms with Gasteiger partial charge in [0.2, 0.25) is 17.1 Å². The van der Waals surface area contributed by atoms with E-state index >= 15 is 0 Å². The second-order valence-electron chi connectivity index (χ2n) is 7.62. The van der Waals surface area contributed by atoms with E-state index in [4.69, 9.17) is 14.9 Å². The van der Waals surface area contributed by atoms with Crippen LogP contribution in [0.15, 0.2) is 24.3 Å². The van der Waals surface area contributed by atoms with E-state index in [-0.39, 0.29) is 5.90 Å². The maximum Gasteiger partial charge on any atom is 0.214 e. The van der Waals surface area contributed by atoms with Crippen LogP contribution in [-0.4, -0.2) is 24.8 Å². The molecule has 4 unspecified atom stereocenters. The van der Waals surface area contributed by atoms with Crippen molar-refractivity contribution in [1.29, 1.82) is 21.2 Å². The van der Waals surface area contributed by atoms with Gasteiger partial charge in [-0.25, -0.2) is 0 Å². The quantitative estimate of drug-likeness (QED) is 0.813. The summed E-state index contributed by atoms with van der Waals surface area (Å²) in [5.74, 6) is -2.21. The van der Waals surface area contributed by atoms with Crippen molar-refractivity contribution in [2.75, 3.05) is 18.0 Å². The third-order valence-electron chi connectivity index (χ3n) is 6.45. The van der Waals surface area contributed by atoms with Crippen molar-refractivity contribution in [3.63, 3.8) is 0 Å². The van der Waals surface area contributed by atoms with Gasteiger partial charge in [-0.3, -0.25) is 5.41 Å². The molecule has 3 rings (SSSR count). The number of fused-ring (bicyclic) bond motifs is 2. The minimum atomic E-state index is -1.90. The fourth-order valence-corrected chi connectivity index (χ4v) is 4.97. The lowest BCUT2D eigenvalue weighted by Crippen LogP contribution is -2.58. The molecule has 2 heterocycles. The van der Waals surface area contributed by atoms with Crippen LogP contribution in [-0.2, 0) is 9.47 Å². The molecule has 0 aliphatic carbocycles. The maximum absolute atomic E-state index is 10.2. The molecular formula is C22H25N5O2. The van der Waals surface area contributed by atoms with Gasteiger partial charge in [0.1, 0.15) is 6.10 Å². The SMILES string of the molecule is CCC1C2(C)OC(=N)C1(C#N)C(C#N)(C#N)C(c1ccc(N(CC)CC)cc1)O2. The highest BCUT2D eigenvalue weighted by molar-refractivity contribution is 5.89. The molecule has 0 saturated carbocycles. The van der Waals surface area contributed by atoms with Crippen LogP contribution in [0.4, 0.5) is 5.69 Å². The van der Waals surface area contributed by atoms with Gasteiger partial charge in [-0.1, -0.05) is 19.1 Å². The van der Waals surface area contributed by atoms with Crippen LogP contribution in [0.3, 0.4) is 0 Å². The predicted molar refractivity (Wildman–Crippen MR) is 107 cm³/mol. The highest BCUT2D eigenvalue weighted by Crippen LogP contribution is 2.67. The average Bonchev–Trinajstić information content (AvgIpc) is 2.91. The van der Waals surface area contributed by atoms with E-state index in [0.29, 0.717) is 12.0 Å². The molecule has 0 aromatic heterocycles. The fourth-order valence-electron chi connectivity index (χ4n) is 4.97. The zero-order chi connectivity index (χ0) is 21.4. The molecular weight excluding hydrogens is 366 g/mol. The molecule has 2 aliphatic rings. The Morgan fingerprint density at radius 1 is 1.03 bits per heavy atom. The van der Waals surface area contributed by atoms with E-state index in [0.717, 1.165) is 18.8 Å². The van der Waals surface area contributed by atoms with Crippen LogP contribution in [0.2, 0.25) is 0 Å². The van der Waals surface area contributed by atoms with Gasteiger partial charge in [-0.15, -0.1) is 0 Å². The first kappa shape index (κ1) is 20.6. The van der Waals surface area contributed by atoms with Gasteiger partial charge in [-0.05, 0) is 38.0 Å². The van der Waals surface area contributed by atoms with Crippen molar-refractivity contribution in [3.05, 3.63) is 29.8 Å². The molecule has 7 heteroatoms. The van der Waals surface area contributed by atoms with Crippen molar-refractivity contribution in [3.8, 4) is 18.2 Å². The van der Waals surface area contributed by atoms with E-state index in [9.17, 15) is 15.8 Å². The number of nitriles is 3. The molecule has 0 radical (unpaired) electrons. The molecule has 4 atom stereocenters. The van der Waals surface area contributed by atoms with Crippen LogP contribution in [0.1, 0.15) is 45.8 Å². The molecule has 2 saturated heterocycles. The molecule has 29 heavy (non-hydrogen) atoms. The average molecular weight is 391 g/mol. The first-order valence-electron chi connectivity index (χ1n) is 9.88. The first-order chi connectivity index (χ1) is 13.8. The molecule has 150 valence electrons. The summed E-state index contributed by atoms with van der Waals surface area (Å²) in [6.07, 6.45) is -0.580. The van der Waals surface area contributed by atoms with Crippen LogP contribution in [0.25, 0.3) is 0 Å². The number of rotatable bonds is 5. The Hall–Kier alpha value is -3.08. The molecule has 2 bridgehead atoms. The number of anilines is 1. The molecule has 1 N–H and O–H groups in total. The van der Waals surface area contributed by atoms with Crippen molar-refractivity contribution < 1.29 is 9.47 Å². The number of nitrogens with one attached hydrogen (secondary N) is 1. The highest BCUT2D eigenvalue weighted by atomic mass is 16.7. The second-order valence-corrected chi connectivity index (χ2v) is 7.62. The lowest BCUT2D eigenvalue weighted by Gasteiger charge is -2.48. The zero-order valence-electron chi connectivity index (χ0n) is 17.2. The monoisotopic (exact) mass is 391 g/mol. The van der Waals surface area contributed by atoms with Gasteiger partial charge < -0.3 is 14.4 Å². The number of nitrogens with zero attached hydrogens (tertiary/aromatic N) is 4. The van der Waals surface area contributed by atoms with Crippen molar-refractivity contribution >= 4 is 11.6 Å². The Morgan fingerprint density at radius 2 is 1.62 bits per heavy atom. The van der Waals surface area contributed by atoms with Gasteiger partial charge in [-0.2, -0.15) is 15.8 Å².